The predicted molar refractivity (Wildman–Crippen MR) is 68.7 cm³/mol. The fourth-order valence-corrected chi connectivity index (χ4v) is 2.38. The number of hydrogen-bond donors (Lipinski definition) is 1. The van der Waals surface area contributed by atoms with Gasteiger partial charge in [-0.2, -0.15) is 0 Å². The molecule has 19 heavy (non-hydrogen) atoms. The second kappa shape index (κ2) is 6.10. The summed E-state index contributed by atoms with van der Waals surface area (Å²) in [6.07, 6.45) is 1.55. The number of rotatable bonds is 3. The van der Waals surface area contributed by atoms with Crippen molar-refractivity contribution in [3.05, 3.63) is 35.4 Å². The number of carbonyl (C=O) groups excluding carboxylic acids is 1. The molecular formula is C14H18F2N2O. The lowest BCUT2D eigenvalue weighted by atomic mass is 10.0. The van der Waals surface area contributed by atoms with Crippen molar-refractivity contribution in [3.8, 4) is 0 Å². The Hall–Kier alpha value is -1.49. The van der Waals surface area contributed by atoms with Crippen LogP contribution in [0.4, 0.5) is 8.78 Å². The highest BCUT2D eigenvalue weighted by atomic mass is 19.1. The lowest BCUT2D eigenvalue weighted by Crippen LogP contribution is -2.44. The minimum absolute atomic E-state index is 0.136. The minimum Gasteiger partial charge on any atom is -0.342 e. The van der Waals surface area contributed by atoms with Crippen LogP contribution in [0.2, 0.25) is 0 Å². The van der Waals surface area contributed by atoms with E-state index in [0.29, 0.717) is 19.1 Å². The summed E-state index contributed by atoms with van der Waals surface area (Å²) < 4.78 is 26.9. The maximum absolute atomic E-state index is 13.5. The first-order valence-electron chi connectivity index (χ1n) is 6.49. The quantitative estimate of drug-likeness (QED) is 0.905. The Morgan fingerprint density at radius 3 is 2.42 bits per heavy atom. The summed E-state index contributed by atoms with van der Waals surface area (Å²) in [5, 5.41) is 3.17. The number of benzene rings is 1. The van der Waals surface area contributed by atoms with Crippen molar-refractivity contribution in [1.82, 2.24) is 10.2 Å². The standard InChI is InChI=1S/C14H18F2N2O/c1-17-10-5-7-18(8-6-10)14(19)9-11-12(15)3-2-4-13(11)16/h2-4,10,17H,5-9H2,1H3. The summed E-state index contributed by atoms with van der Waals surface area (Å²) in [6, 6.07) is 4.09. The van der Waals surface area contributed by atoms with Gasteiger partial charge in [-0.05, 0) is 32.0 Å². The molecule has 1 saturated heterocycles. The first kappa shape index (κ1) is 13.9. The number of hydrogen-bond acceptors (Lipinski definition) is 2. The molecule has 1 fully saturated rings. The molecule has 1 heterocycles. The molecular weight excluding hydrogens is 250 g/mol. The summed E-state index contributed by atoms with van der Waals surface area (Å²) in [6.45, 7) is 1.28. The highest BCUT2D eigenvalue weighted by molar-refractivity contribution is 5.79. The Bertz CT molecular complexity index is 437. The van der Waals surface area contributed by atoms with Crippen LogP contribution in [0, 0.1) is 11.6 Å². The Morgan fingerprint density at radius 1 is 1.32 bits per heavy atom. The normalized spacial score (nSPS) is 16.7. The number of amides is 1. The third-order valence-electron chi connectivity index (χ3n) is 3.65. The largest absolute Gasteiger partial charge is 0.342 e. The van der Waals surface area contributed by atoms with Gasteiger partial charge < -0.3 is 10.2 Å². The van der Waals surface area contributed by atoms with Crippen LogP contribution in [-0.4, -0.2) is 37.0 Å². The molecule has 3 nitrogen and oxygen atoms in total. The average molecular weight is 268 g/mol. The summed E-state index contributed by atoms with van der Waals surface area (Å²) >= 11 is 0. The lowest BCUT2D eigenvalue weighted by Gasteiger charge is -2.32. The molecule has 5 heteroatoms. The van der Waals surface area contributed by atoms with Crippen molar-refractivity contribution in [1.29, 1.82) is 0 Å². The van der Waals surface area contributed by atoms with Crippen LogP contribution in [0.3, 0.4) is 0 Å². The smallest absolute Gasteiger partial charge is 0.227 e. The van der Waals surface area contributed by atoms with Crippen LogP contribution in [0.1, 0.15) is 18.4 Å². The number of piperidine rings is 1. The van der Waals surface area contributed by atoms with Gasteiger partial charge in [-0.3, -0.25) is 4.79 Å². The molecule has 0 aromatic heterocycles. The zero-order valence-corrected chi connectivity index (χ0v) is 11.0. The summed E-state index contributed by atoms with van der Waals surface area (Å²) in [7, 11) is 1.90. The number of likely N-dealkylation sites (tertiary alicyclic amines) is 1. The van der Waals surface area contributed by atoms with E-state index in [1.54, 1.807) is 4.90 Å². The molecule has 0 atom stereocenters. The van der Waals surface area contributed by atoms with E-state index in [1.807, 2.05) is 7.05 Å². The van der Waals surface area contributed by atoms with Gasteiger partial charge in [0.1, 0.15) is 11.6 Å². The Labute approximate surface area is 111 Å². The molecule has 1 aromatic rings. The third kappa shape index (κ3) is 3.29. The van der Waals surface area contributed by atoms with Gasteiger partial charge in [-0.15, -0.1) is 0 Å². The van der Waals surface area contributed by atoms with Crippen LogP contribution in [-0.2, 0) is 11.2 Å². The molecule has 1 N–H and O–H groups in total. The molecule has 104 valence electrons. The molecule has 1 aromatic carbocycles. The van der Waals surface area contributed by atoms with E-state index >= 15 is 0 Å². The fraction of sp³-hybridized carbons (Fsp3) is 0.500. The molecule has 0 spiro atoms. The number of halogens is 2. The lowest BCUT2D eigenvalue weighted by molar-refractivity contribution is -0.131. The number of nitrogens with one attached hydrogen (secondary N) is 1. The molecule has 0 saturated carbocycles. The monoisotopic (exact) mass is 268 g/mol. The van der Waals surface area contributed by atoms with Crippen molar-refractivity contribution in [2.75, 3.05) is 20.1 Å². The third-order valence-corrected chi connectivity index (χ3v) is 3.65. The maximum atomic E-state index is 13.5. The first-order chi connectivity index (χ1) is 9.11. The van der Waals surface area contributed by atoms with Gasteiger partial charge in [-0.1, -0.05) is 6.07 Å². The predicted octanol–water partition coefficient (Wildman–Crippen LogP) is 1.72. The molecule has 2 rings (SSSR count). The molecule has 1 aliphatic heterocycles. The summed E-state index contributed by atoms with van der Waals surface area (Å²) in [5.41, 5.74) is -0.136. The molecule has 0 unspecified atom stereocenters. The van der Waals surface area contributed by atoms with Crippen LogP contribution < -0.4 is 5.32 Å². The van der Waals surface area contributed by atoms with Gasteiger partial charge in [0.05, 0.1) is 6.42 Å². The molecule has 1 aliphatic rings. The van der Waals surface area contributed by atoms with E-state index < -0.39 is 11.6 Å². The van der Waals surface area contributed by atoms with Gasteiger partial charge in [0.25, 0.3) is 0 Å². The van der Waals surface area contributed by atoms with Crippen molar-refractivity contribution in [3.63, 3.8) is 0 Å². The SMILES string of the molecule is CNC1CCN(C(=O)Cc2c(F)cccc2F)CC1. The first-order valence-corrected chi connectivity index (χ1v) is 6.49. The second-order valence-electron chi connectivity index (χ2n) is 4.82. The Morgan fingerprint density at radius 2 is 1.89 bits per heavy atom. The zero-order valence-electron chi connectivity index (χ0n) is 11.0. The van der Waals surface area contributed by atoms with Crippen LogP contribution >= 0.6 is 0 Å². The average Bonchev–Trinajstić information content (AvgIpc) is 2.43. The van der Waals surface area contributed by atoms with E-state index in [4.69, 9.17) is 0 Å². The van der Waals surface area contributed by atoms with E-state index in [0.717, 1.165) is 12.8 Å². The summed E-state index contributed by atoms with van der Waals surface area (Å²) in [5.74, 6) is -1.52. The van der Waals surface area contributed by atoms with E-state index in [-0.39, 0.29) is 17.9 Å². The van der Waals surface area contributed by atoms with Gasteiger partial charge in [0.15, 0.2) is 0 Å². The Kier molecular flexibility index (Phi) is 4.47. The molecule has 0 aliphatic carbocycles. The zero-order chi connectivity index (χ0) is 13.8. The highest BCUT2D eigenvalue weighted by Gasteiger charge is 2.23. The van der Waals surface area contributed by atoms with E-state index in [9.17, 15) is 13.6 Å². The molecule has 1 amide bonds. The van der Waals surface area contributed by atoms with Gasteiger partial charge in [0, 0.05) is 24.7 Å². The Balaban J connectivity index is 1.98. The number of carbonyl (C=O) groups is 1. The summed E-state index contributed by atoms with van der Waals surface area (Å²) in [4.78, 5) is 13.7. The van der Waals surface area contributed by atoms with Crippen LogP contribution in [0.25, 0.3) is 0 Å². The van der Waals surface area contributed by atoms with Gasteiger partial charge in [0.2, 0.25) is 5.91 Å². The number of nitrogens with zero attached hydrogens (tertiary/aromatic N) is 1. The van der Waals surface area contributed by atoms with Crippen molar-refractivity contribution >= 4 is 5.91 Å². The molecule has 0 bridgehead atoms. The fourth-order valence-electron chi connectivity index (χ4n) is 2.38. The minimum atomic E-state index is -0.654. The van der Waals surface area contributed by atoms with E-state index in [2.05, 4.69) is 5.32 Å². The highest BCUT2D eigenvalue weighted by Crippen LogP contribution is 2.16. The van der Waals surface area contributed by atoms with Gasteiger partial charge >= 0.3 is 0 Å². The maximum Gasteiger partial charge on any atom is 0.227 e. The second-order valence-corrected chi connectivity index (χ2v) is 4.82. The topological polar surface area (TPSA) is 32.3 Å². The van der Waals surface area contributed by atoms with E-state index in [1.165, 1.54) is 18.2 Å². The van der Waals surface area contributed by atoms with Crippen molar-refractivity contribution in [2.45, 2.75) is 25.3 Å². The van der Waals surface area contributed by atoms with Crippen molar-refractivity contribution in [2.24, 2.45) is 0 Å². The van der Waals surface area contributed by atoms with Crippen molar-refractivity contribution < 1.29 is 13.6 Å². The van der Waals surface area contributed by atoms with Crippen LogP contribution in [0.15, 0.2) is 18.2 Å². The molecule has 0 radical (unpaired) electrons. The van der Waals surface area contributed by atoms with Crippen LogP contribution in [0.5, 0.6) is 0 Å². The van der Waals surface area contributed by atoms with Gasteiger partial charge in [-0.25, -0.2) is 8.78 Å².